The van der Waals surface area contributed by atoms with Crippen LogP contribution in [0.2, 0.25) is 0 Å². The Bertz CT molecular complexity index is 457. The van der Waals surface area contributed by atoms with Crippen molar-refractivity contribution in [3.05, 3.63) is 34.4 Å². The molecule has 0 aliphatic heterocycles. The maximum Gasteiger partial charge on any atom is 0.308 e. The number of nitro groups is 1. The minimum absolute atomic E-state index is 0.114. The van der Waals surface area contributed by atoms with Crippen molar-refractivity contribution in [2.75, 3.05) is 0 Å². The first-order chi connectivity index (χ1) is 6.97. The van der Waals surface area contributed by atoms with Gasteiger partial charge < -0.3 is 0 Å². The lowest BCUT2D eigenvalue weighted by Gasteiger charge is -2.00. The Morgan fingerprint density at radius 3 is 2.27 bits per heavy atom. The van der Waals surface area contributed by atoms with E-state index in [9.17, 15) is 18.5 Å². The third-order valence-electron chi connectivity index (χ3n) is 1.45. The van der Waals surface area contributed by atoms with Gasteiger partial charge in [-0.3, -0.25) is 10.1 Å². The van der Waals surface area contributed by atoms with Crippen molar-refractivity contribution in [2.45, 2.75) is 4.90 Å². The molecule has 0 bridgehead atoms. The van der Waals surface area contributed by atoms with Gasteiger partial charge in [0.2, 0.25) is 0 Å². The highest BCUT2D eigenvalue weighted by Gasteiger charge is 2.16. The fourth-order valence-corrected chi connectivity index (χ4v) is 3.60. The maximum absolute atomic E-state index is 11.3. The van der Waals surface area contributed by atoms with E-state index in [1.807, 2.05) is 0 Å². The Morgan fingerprint density at radius 2 is 1.87 bits per heavy atom. The van der Waals surface area contributed by atoms with E-state index in [1.165, 1.54) is 0 Å². The highest BCUT2D eigenvalue weighted by Crippen LogP contribution is 2.24. The number of nitrogens with zero attached hydrogens (tertiary/aromatic N) is 1. The summed E-state index contributed by atoms with van der Waals surface area (Å²) in [6.45, 7) is 0. The Morgan fingerprint density at radius 1 is 1.33 bits per heavy atom. The minimum Gasteiger partial charge on any atom is -0.258 e. The first-order valence-electron chi connectivity index (χ1n) is 3.44. The number of hydrogen-bond acceptors (Lipinski definition) is 6. The zero-order valence-corrected chi connectivity index (χ0v) is 10.8. The van der Waals surface area contributed by atoms with Crippen LogP contribution in [0.25, 0.3) is 0 Å². The second-order valence-corrected chi connectivity index (χ2v) is 5.46. The normalized spacial score (nSPS) is 11.3. The van der Waals surface area contributed by atoms with E-state index in [0.29, 0.717) is 9.21 Å². The molecule has 6 nitrogen and oxygen atoms in total. The fraction of sp³-hybridized carbons (Fsp3) is 0. The molecule has 0 aliphatic carbocycles. The molecule has 0 unspecified atom stereocenters. The second-order valence-electron chi connectivity index (χ2n) is 2.34. The van der Waals surface area contributed by atoms with Crippen molar-refractivity contribution in [2.24, 2.45) is 0 Å². The molecule has 1 aromatic carbocycles. The molecule has 0 aromatic heterocycles. The van der Waals surface area contributed by atoms with E-state index in [0.717, 1.165) is 24.3 Å². The Hall–Kier alpha value is -0.390. The summed E-state index contributed by atoms with van der Waals surface area (Å²) >= 11 is 1.66. The standard InChI is InChI=1S/C6H4INO5S2/c7-14-13-15(11,12)6-3-1-5(2-4-6)8(9)10/h1-4H. The molecule has 0 radical (unpaired) electrons. The van der Waals surface area contributed by atoms with Gasteiger partial charge in [-0.1, -0.05) is 0 Å². The van der Waals surface area contributed by atoms with Gasteiger partial charge in [-0.25, -0.2) is 0 Å². The maximum atomic E-state index is 11.3. The van der Waals surface area contributed by atoms with E-state index >= 15 is 0 Å². The molecule has 0 saturated carbocycles. The van der Waals surface area contributed by atoms with Crippen molar-refractivity contribution < 1.29 is 17.0 Å². The second kappa shape index (κ2) is 5.09. The van der Waals surface area contributed by atoms with Gasteiger partial charge in [-0.15, -0.1) is 0 Å². The lowest BCUT2D eigenvalue weighted by molar-refractivity contribution is -0.384. The lowest BCUT2D eigenvalue weighted by Crippen LogP contribution is -2.00. The van der Waals surface area contributed by atoms with Crippen LogP contribution in [0, 0.1) is 10.1 Å². The molecule has 1 rings (SSSR count). The summed E-state index contributed by atoms with van der Waals surface area (Å²) in [4.78, 5) is 9.59. The van der Waals surface area contributed by atoms with Crippen LogP contribution in [0.15, 0.2) is 29.2 Å². The summed E-state index contributed by atoms with van der Waals surface area (Å²) in [5.74, 6) is 0. The van der Waals surface area contributed by atoms with Crippen LogP contribution in [-0.4, -0.2) is 13.3 Å². The van der Waals surface area contributed by atoms with E-state index in [-0.39, 0.29) is 10.6 Å². The molecular weight excluding hydrogens is 357 g/mol. The Labute approximate surface area is 102 Å². The molecule has 0 atom stereocenters. The first kappa shape index (κ1) is 12.7. The molecule has 0 N–H and O–H groups in total. The summed E-state index contributed by atoms with van der Waals surface area (Å²) in [6.07, 6.45) is 0. The summed E-state index contributed by atoms with van der Waals surface area (Å²) in [5.41, 5.74) is -0.170. The van der Waals surface area contributed by atoms with Crippen LogP contribution in [0.1, 0.15) is 0 Å². The van der Waals surface area contributed by atoms with Gasteiger partial charge in [0.05, 0.1) is 19.0 Å². The molecule has 0 aliphatic rings. The summed E-state index contributed by atoms with van der Waals surface area (Å²) < 4.78 is 27.0. The summed E-state index contributed by atoms with van der Waals surface area (Å²) in [5, 5.41) is 10.3. The third-order valence-corrected chi connectivity index (χ3v) is 4.54. The molecule has 0 spiro atoms. The summed E-state index contributed by atoms with van der Waals surface area (Å²) in [6, 6.07) is 4.46. The van der Waals surface area contributed by atoms with Crippen molar-refractivity contribution in [1.82, 2.24) is 0 Å². The topological polar surface area (TPSA) is 86.5 Å². The van der Waals surface area contributed by atoms with E-state index in [4.69, 9.17) is 0 Å². The molecule has 9 heteroatoms. The molecule has 15 heavy (non-hydrogen) atoms. The molecule has 82 valence electrons. The molecule has 0 heterocycles. The molecule has 0 amide bonds. The monoisotopic (exact) mass is 361 g/mol. The van der Waals surface area contributed by atoms with E-state index in [2.05, 4.69) is 3.63 Å². The average molecular weight is 361 g/mol. The highest BCUT2D eigenvalue weighted by atomic mass is 127. The molecule has 1 aromatic rings. The molecule has 0 fully saturated rings. The number of hydrogen-bond donors (Lipinski definition) is 0. The quantitative estimate of drug-likeness (QED) is 0.354. The predicted molar refractivity (Wildman–Crippen MR) is 63.0 cm³/mol. The Balaban J connectivity index is 3.04. The van der Waals surface area contributed by atoms with Crippen LogP contribution in [0.4, 0.5) is 5.69 Å². The number of benzene rings is 1. The highest BCUT2D eigenvalue weighted by molar-refractivity contribution is 14.2. The van der Waals surface area contributed by atoms with Gasteiger partial charge in [0.15, 0.2) is 0 Å². The van der Waals surface area contributed by atoms with Crippen LogP contribution < -0.4 is 0 Å². The lowest BCUT2D eigenvalue weighted by atomic mass is 10.3. The van der Waals surface area contributed by atoms with Gasteiger partial charge in [0.1, 0.15) is 0 Å². The largest absolute Gasteiger partial charge is 0.308 e. The van der Waals surface area contributed by atoms with Gasteiger partial charge in [-0.2, -0.15) is 12.0 Å². The molecular formula is C6H4INO5S2. The van der Waals surface area contributed by atoms with Gasteiger partial charge >= 0.3 is 10.1 Å². The molecule has 0 saturated heterocycles. The average Bonchev–Trinajstić information content (AvgIpc) is 2.18. The smallest absolute Gasteiger partial charge is 0.258 e. The number of halogens is 1. The van der Waals surface area contributed by atoms with Gasteiger partial charge in [0.25, 0.3) is 5.69 Å². The zero-order chi connectivity index (χ0) is 11.5. The zero-order valence-electron chi connectivity index (χ0n) is 6.99. The van der Waals surface area contributed by atoms with Crippen LogP contribution in [-0.2, 0) is 13.7 Å². The van der Waals surface area contributed by atoms with Crippen LogP contribution in [0.3, 0.4) is 0 Å². The van der Waals surface area contributed by atoms with Crippen molar-refractivity contribution in [3.63, 3.8) is 0 Å². The predicted octanol–water partition coefficient (Wildman–Crippen LogP) is 2.30. The summed E-state index contributed by atoms with van der Waals surface area (Å²) in [7, 11) is -3.16. The third kappa shape index (κ3) is 3.29. The van der Waals surface area contributed by atoms with E-state index in [1.54, 1.807) is 21.2 Å². The van der Waals surface area contributed by atoms with Gasteiger partial charge in [-0.05, 0) is 12.1 Å². The van der Waals surface area contributed by atoms with E-state index < -0.39 is 15.0 Å². The van der Waals surface area contributed by atoms with Crippen molar-refractivity contribution in [1.29, 1.82) is 0 Å². The number of nitro benzene ring substituents is 1. The SMILES string of the molecule is O=[N+]([O-])c1ccc(S(=O)(=O)OSI)cc1. The Kier molecular flexibility index (Phi) is 4.31. The first-order valence-corrected chi connectivity index (χ1v) is 8.13. The van der Waals surface area contributed by atoms with Gasteiger partial charge in [0, 0.05) is 33.3 Å². The fourth-order valence-electron chi connectivity index (χ4n) is 0.808. The number of rotatable bonds is 4. The minimum atomic E-state index is -3.82. The van der Waals surface area contributed by atoms with Crippen molar-refractivity contribution >= 4 is 46.2 Å². The van der Waals surface area contributed by atoms with Crippen molar-refractivity contribution in [3.8, 4) is 0 Å². The van der Waals surface area contributed by atoms with Crippen LogP contribution in [0.5, 0.6) is 0 Å². The number of non-ortho nitro benzene ring substituents is 1. The van der Waals surface area contributed by atoms with Crippen LogP contribution >= 0.6 is 30.4 Å².